The van der Waals surface area contributed by atoms with Crippen LogP contribution in [0.1, 0.15) is 18.7 Å². The Kier molecular flexibility index (Phi) is 2.03. The standard InChI is InChI=1S/C7H7NO2/c1-6(8-5-9)7-3-2-4-10-7/h2-4,6H,1H3. The highest BCUT2D eigenvalue weighted by atomic mass is 16.3. The lowest BCUT2D eigenvalue weighted by Gasteiger charge is -1.95. The Bertz CT molecular complexity index is 234. The molecule has 0 spiro atoms. The summed E-state index contributed by atoms with van der Waals surface area (Å²) in [7, 11) is 0. The van der Waals surface area contributed by atoms with Crippen LogP contribution in [0.3, 0.4) is 0 Å². The lowest BCUT2D eigenvalue weighted by atomic mass is 10.3. The fourth-order valence-electron chi connectivity index (χ4n) is 0.672. The number of nitrogens with zero attached hydrogens (tertiary/aromatic N) is 1. The molecule has 0 fully saturated rings. The highest BCUT2D eigenvalue weighted by Gasteiger charge is 2.03. The van der Waals surface area contributed by atoms with Crippen LogP contribution in [0.25, 0.3) is 0 Å². The summed E-state index contributed by atoms with van der Waals surface area (Å²) in [4.78, 5) is 13.2. The average molecular weight is 137 g/mol. The van der Waals surface area contributed by atoms with E-state index in [2.05, 4.69) is 4.99 Å². The molecule has 0 aliphatic heterocycles. The Balaban J connectivity index is 2.76. The van der Waals surface area contributed by atoms with Crippen molar-refractivity contribution in [3.05, 3.63) is 24.2 Å². The first-order valence-electron chi connectivity index (χ1n) is 2.95. The molecule has 0 radical (unpaired) electrons. The summed E-state index contributed by atoms with van der Waals surface area (Å²) in [5, 5.41) is 0. The molecular formula is C7H7NO2. The third-order valence-electron chi connectivity index (χ3n) is 1.20. The molecule has 0 saturated carbocycles. The fourth-order valence-corrected chi connectivity index (χ4v) is 0.672. The zero-order valence-corrected chi connectivity index (χ0v) is 5.57. The summed E-state index contributed by atoms with van der Waals surface area (Å²) in [6.07, 6.45) is 3.02. The molecule has 3 nitrogen and oxygen atoms in total. The van der Waals surface area contributed by atoms with E-state index in [1.54, 1.807) is 25.3 Å². The van der Waals surface area contributed by atoms with Crippen molar-refractivity contribution in [2.45, 2.75) is 13.0 Å². The van der Waals surface area contributed by atoms with Gasteiger partial charge in [-0.3, -0.25) is 0 Å². The van der Waals surface area contributed by atoms with Gasteiger partial charge in [0.05, 0.1) is 6.26 Å². The molecule has 1 aromatic heterocycles. The number of carbonyl (C=O) groups excluding carboxylic acids is 1. The molecule has 0 N–H and O–H groups in total. The summed E-state index contributed by atoms with van der Waals surface area (Å²) < 4.78 is 4.98. The van der Waals surface area contributed by atoms with Gasteiger partial charge in [0.25, 0.3) is 0 Å². The molecular weight excluding hydrogens is 130 g/mol. The number of furan rings is 1. The van der Waals surface area contributed by atoms with E-state index in [-0.39, 0.29) is 6.04 Å². The Labute approximate surface area is 58.4 Å². The normalized spacial score (nSPS) is 12.1. The first-order chi connectivity index (χ1) is 4.84. The fraction of sp³-hybridized carbons (Fsp3) is 0.286. The first-order valence-corrected chi connectivity index (χ1v) is 2.95. The summed E-state index contributed by atoms with van der Waals surface area (Å²) in [6, 6.07) is 3.31. The van der Waals surface area contributed by atoms with Gasteiger partial charge in [-0.05, 0) is 19.1 Å². The Hall–Kier alpha value is -1.34. The quantitative estimate of drug-likeness (QED) is 0.459. The van der Waals surface area contributed by atoms with Crippen molar-refractivity contribution < 1.29 is 9.21 Å². The monoisotopic (exact) mass is 137 g/mol. The van der Waals surface area contributed by atoms with E-state index in [9.17, 15) is 4.79 Å². The maximum absolute atomic E-state index is 9.78. The minimum absolute atomic E-state index is 0.215. The number of hydrogen-bond donors (Lipinski definition) is 0. The second kappa shape index (κ2) is 2.99. The van der Waals surface area contributed by atoms with Crippen LogP contribution in [0.5, 0.6) is 0 Å². The largest absolute Gasteiger partial charge is 0.467 e. The Morgan fingerprint density at radius 1 is 1.80 bits per heavy atom. The summed E-state index contributed by atoms with van der Waals surface area (Å²) >= 11 is 0. The molecule has 0 aliphatic rings. The second-order valence-electron chi connectivity index (χ2n) is 1.91. The minimum atomic E-state index is -0.215. The van der Waals surface area contributed by atoms with Gasteiger partial charge in [0.2, 0.25) is 6.08 Å². The predicted molar refractivity (Wildman–Crippen MR) is 35.2 cm³/mol. The van der Waals surface area contributed by atoms with Crippen LogP contribution in [-0.2, 0) is 4.79 Å². The van der Waals surface area contributed by atoms with Crippen LogP contribution in [-0.4, -0.2) is 6.08 Å². The van der Waals surface area contributed by atoms with Crippen molar-refractivity contribution in [1.82, 2.24) is 0 Å². The SMILES string of the molecule is CC(N=C=O)c1ccco1. The second-order valence-corrected chi connectivity index (χ2v) is 1.91. The van der Waals surface area contributed by atoms with Gasteiger partial charge in [-0.1, -0.05) is 0 Å². The third-order valence-corrected chi connectivity index (χ3v) is 1.20. The van der Waals surface area contributed by atoms with Crippen molar-refractivity contribution in [1.29, 1.82) is 0 Å². The van der Waals surface area contributed by atoms with Crippen molar-refractivity contribution in [2.75, 3.05) is 0 Å². The molecule has 0 saturated heterocycles. The van der Waals surface area contributed by atoms with E-state index in [1.807, 2.05) is 0 Å². The molecule has 0 bridgehead atoms. The smallest absolute Gasteiger partial charge is 0.235 e. The van der Waals surface area contributed by atoms with Crippen LogP contribution < -0.4 is 0 Å². The van der Waals surface area contributed by atoms with Gasteiger partial charge < -0.3 is 4.42 Å². The zero-order valence-electron chi connectivity index (χ0n) is 5.57. The highest BCUT2D eigenvalue weighted by Crippen LogP contribution is 2.15. The number of hydrogen-bond acceptors (Lipinski definition) is 3. The summed E-state index contributed by atoms with van der Waals surface area (Å²) in [5.41, 5.74) is 0. The minimum Gasteiger partial charge on any atom is -0.467 e. The van der Waals surface area contributed by atoms with Crippen LogP contribution in [0, 0.1) is 0 Å². The zero-order chi connectivity index (χ0) is 7.40. The molecule has 1 rings (SSSR count). The molecule has 10 heavy (non-hydrogen) atoms. The van der Waals surface area contributed by atoms with Crippen molar-refractivity contribution in [3.8, 4) is 0 Å². The molecule has 1 heterocycles. The number of aliphatic imine (C=N–C) groups is 1. The Morgan fingerprint density at radius 2 is 2.60 bits per heavy atom. The third kappa shape index (κ3) is 1.33. The lowest BCUT2D eigenvalue weighted by molar-refractivity contribution is 0.477. The van der Waals surface area contributed by atoms with Gasteiger partial charge in [-0.15, -0.1) is 0 Å². The van der Waals surface area contributed by atoms with E-state index in [0.717, 1.165) is 0 Å². The molecule has 1 unspecified atom stereocenters. The Morgan fingerprint density at radius 3 is 3.10 bits per heavy atom. The summed E-state index contributed by atoms with van der Waals surface area (Å²) in [6.45, 7) is 1.77. The van der Waals surface area contributed by atoms with Gasteiger partial charge >= 0.3 is 0 Å². The van der Waals surface area contributed by atoms with Gasteiger partial charge in [-0.25, -0.2) is 4.79 Å². The molecule has 1 aromatic rings. The van der Waals surface area contributed by atoms with Gasteiger partial charge in [-0.2, -0.15) is 4.99 Å². The molecule has 0 aromatic carbocycles. The van der Waals surface area contributed by atoms with Crippen LogP contribution in [0.4, 0.5) is 0 Å². The topological polar surface area (TPSA) is 42.6 Å². The number of rotatable bonds is 2. The first kappa shape index (κ1) is 6.78. The molecule has 0 aliphatic carbocycles. The van der Waals surface area contributed by atoms with Crippen molar-refractivity contribution in [3.63, 3.8) is 0 Å². The van der Waals surface area contributed by atoms with E-state index in [0.29, 0.717) is 5.76 Å². The van der Waals surface area contributed by atoms with Crippen LogP contribution in [0.2, 0.25) is 0 Å². The maximum atomic E-state index is 9.78. The molecule has 0 amide bonds. The lowest BCUT2D eigenvalue weighted by Crippen LogP contribution is -1.83. The van der Waals surface area contributed by atoms with Gasteiger partial charge in [0, 0.05) is 0 Å². The van der Waals surface area contributed by atoms with Crippen molar-refractivity contribution in [2.24, 2.45) is 4.99 Å². The molecule has 52 valence electrons. The van der Waals surface area contributed by atoms with E-state index in [4.69, 9.17) is 4.42 Å². The highest BCUT2D eigenvalue weighted by molar-refractivity contribution is 5.34. The number of isocyanates is 1. The van der Waals surface area contributed by atoms with E-state index in [1.165, 1.54) is 6.08 Å². The summed E-state index contributed by atoms with van der Waals surface area (Å²) in [5.74, 6) is 0.684. The van der Waals surface area contributed by atoms with Crippen molar-refractivity contribution >= 4 is 6.08 Å². The van der Waals surface area contributed by atoms with Gasteiger partial charge in [0.1, 0.15) is 11.8 Å². The van der Waals surface area contributed by atoms with E-state index < -0.39 is 0 Å². The molecule has 3 heteroatoms. The van der Waals surface area contributed by atoms with E-state index >= 15 is 0 Å². The average Bonchev–Trinajstić information content (AvgIpc) is 2.38. The molecule has 1 atom stereocenters. The van der Waals surface area contributed by atoms with Crippen LogP contribution >= 0.6 is 0 Å². The maximum Gasteiger partial charge on any atom is 0.235 e. The van der Waals surface area contributed by atoms with Gasteiger partial charge in [0.15, 0.2) is 0 Å². The predicted octanol–water partition coefficient (Wildman–Crippen LogP) is 1.68. The van der Waals surface area contributed by atoms with Crippen LogP contribution in [0.15, 0.2) is 27.8 Å².